The van der Waals surface area contributed by atoms with Crippen molar-refractivity contribution in [2.45, 2.75) is 32.6 Å². The summed E-state index contributed by atoms with van der Waals surface area (Å²) in [6.45, 7) is 4.62. The number of ether oxygens (including phenoxy) is 3. The van der Waals surface area contributed by atoms with Crippen molar-refractivity contribution in [1.29, 1.82) is 0 Å². The molecule has 6 rings (SSSR count). The van der Waals surface area contributed by atoms with Crippen LogP contribution in [0.5, 0.6) is 5.75 Å². The number of nitrogens with zero attached hydrogens (tertiary/aromatic N) is 3. The first kappa shape index (κ1) is 30.5. The Morgan fingerprint density at radius 2 is 1.24 bits per heavy atom. The van der Waals surface area contributed by atoms with Gasteiger partial charge in [0.1, 0.15) is 11.3 Å². The van der Waals surface area contributed by atoms with Crippen LogP contribution in [0.3, 0.4) is 0 Å². The van der Waals surface area contributed by atoms with Crippen LogP contribution in [-0.4, -0.2) is 38.4 Å². The summed E-state index contributed by atoms with van der Waals surface area (Å²) in [5, 5.41) is 0. The van der Waals surface area contributed by atoms with E-state index < -0.39 is 17.6 Å². The van der Waals surface area contributed by atoms with Crippen LogP contribution >= 0.6 is 0 Å². The van der Waals surface area contributed by atoms with Crippen LogP contribution in [0.1, 0.15) is 25.0 Å². The minimum atomic E-state index is -1.31. The van der Waals surface area contributed by atoms with Gasteiger partial charge >= 0.3 is 11.9 Å². The Morgan fingerprint density at radius 3 is 1.72 bits per heavy atom. The molecule has 4 aromatic rings. The molecule has 2 heterocycles. The average Bonchev–Trinajstić information content (AvgIpc) is 3.58. The third kappa shape index (κ3) is 5.15. The number of para-hydroxylation sites is 2. The molecule has 0 atom stereocenters. The van der Waals surface area contributed by atoms with Gasteiger partial charge in [-0.2, -0.15) is 0 Å². The van der Waals surface area contributed by atoms with Crippen molar-refractivity contribution in [2.75, 3.05) is 35.5 Å². The quantitative estimate of drug-likeness (QED) is 0.150. The molecule has 234 valence electrons. The van der Waals surface area contributed by atoms with Crippen LogP contribution in [0, 0.1) is 0 Å². The number of methoxy groups -OCH3 is 2. The van der Waals surface area contributed by atoms with Crippen molar-refractivity contribution in [2.24, 2.45) is 0 Å². The second-order valence-corrected chi connectivity index (χ2v) is 11.1. The highest BCUT2D eigenvalue weighted by atomic mass is 16.5. The van der Waals surface area contributed by atoms with E-state index in [1.165, 1.54) is 7.11 Å². The van der Waals surface area contributed by atoms with Crippen molar-refractivity contribution >= 4 is 29.0 Å². The van der Waals surface area contributed by atoms with Gasteiger partial charge in [-0.1, -0.05) is 72.8 Å². The number of carbonyl (C=O) groups is 2. The third-order valence-corrected chi connectivity index (χ3v) is 8.51. The molecule has 0 saturated carbocycles. The SMILES string of the molecule is CCOC(=O)C1=CN(c2ccc(OC)cc2)C(=C(C)C(=O)OC)C12N(Cc1ccccc1)c1ccccc1N2Cc1ccccc1. The second-order valence-electron chi connectivity index (χ2n) is 11.1. The van der Waals surface area contributed by atoms with E-state index in [0.29, 0.717) is 35.7 Å². The minimum absolute atomic E-state index is 0.189. The van der Waals surface area contributed by atoms with Gasteiger partial charge in [0.2, 0.25) is 0 Å². The van der Waals surface area contributed by atoms with Gasteiger partial charge in [-0.05, 0) is 61.4 Å². The van der Waals surface area contributed by atoms with E-state index in [9.17, 15) is 9.59 Å². The molecular formula is C38H37N3O5. The Kier molecular flexibility index (Phi) is 8.53. The van der Waals surface area contributed by atoms with Gasteiger partial charge in [-0.15, -0.1) is 0 Å². The summed E-state index contributed by atoms with van der Waals surface area (Å²) in [4.78, 5) is 34.3. The van der Waals surface area contributed by atoms with Gasteiger partial charge in [0.15, 0.2) is 5.66 Å². The summed E-state index contributed by atoms with van der Waals surface area (Å²) in [5.41, 5.74) is 4.68. The molecule has 1 spiro atoms. The molecule has 0 N–H and O–H groups in total. The smallest absolute Gasteiger partial charge is 0.340 e. The maximum absolute atomic E-state index is 14.3. The second kappa shape index (κ2) is 12.9. The summed E-state index contributed by atoms with van der Waals surface area (Å²) in [7, 11) is 2.99. The lowest BCUT2D eigenvalue weighted by Gasteiger charge is -2.46. The number of hydrogen-bond acceptors (Lipinski definition) is 8. The molecule has 46 heavy (non-hydrogen) atoms. The fraction of sp³-hybridized carbons (Fsp3) is 0.211. The highest BCUT2D eigenvalue weighted by Gasteiger charge is 2.62. The summed E-state index contributed by atoms with van der Waals surface area (Å²) < 4.78 is 16.6. The highest BCUT2D eigenvalue weighted by molar-refractivity contribution is 6.04. The van der Waals surface area contributed by atoms with Crippen molar-refractivity contribution in [3.63, 3.8) is 0 Å². The molecule has 2 aliphatic rings. The number of carbonyl (C=O) groups excluding carboxylic acids is 2. The zero-order valence-corrected chi connectivity index (χ0v) is 26.5. The molecule has 0 unspecified atom stereocenters. The zero-order valence-electron chi connectivity index (χ0n) is 26.5. The Hall–Kier alpha value is -5.50. The van der Waals surface area contributed by atoms with E-state index in [1.54, 1.807) is 21.0 Å². The number of esters is 2. The monoisotopic (exact) mass is 615 g/mol. The maximum atomic E-state index is 14.3. The summed E-state index contributed by atoms with van der Waals surface area (Å²) in [6.07, 6.45) is 1.81. The van der Waals surface area contributed by atoms with Gasteiger partial charge < -0.3 is 28.9 Å². The molecule has 0 amide bonds. The molecule has 2 aliphatic heterocycles. The van der Waals surface area contributed by atoms with Crippen molar-refractivity contribution < 1.29 is 23.8 Å². The van der Waals surface area contributed by atoms with Crippen LogP contribution in [0.4, 0.5) is 17.1 Å². The predicted molar refractivity (Wildman–Crippen MR) is 179 cm³/mol. The number of benzene rings is 4. The van der Waals surface area contributed by atoms with E-state index in [4.69, 9.17) is 14.2 Å². The van der Waals surface area contributed by atoms with E-state index in [-0.39, 0.29) is 6.61 Å². The van der Waals surface area contributed by atoms with Crippen molar-refractivity contribution in [3.8, 4) is 5.75 Å². The summed E-state index contributed by atoms with van der Waals surface area (Å²) >= 11 is 0. The topological polar surface area (TPSA) is 71.5 Å². The average molecular weight is 616 g/mol. The molecule has 8 heteroatoms. The molecule has 0 fully saturated rings. The lowest BCUT2D eigenvalue weighted by atomic mass is 9.91. The molecule has 0 aromatic heterocycles. The highest BCUT2D eigenvalue weighted by Crippen LogP contribution is 2.57. The van der Waals surface area contributed by atoms with E-state index in [1.807, 2.05) is 83.9 Å². The van der Waals surface area contributed by atoms with Crippen molar-refractivity contribution in [3.05, 3.63) is 143 Å². The van der Waals surface area contributed by atoms with Gasteiger partial charge in [0.05, 0.1) is 43.5 Å². The Labute approximate surface area is 269 Å². The van der Waals surface area contributed by atoms with Gasteiger partial charge in [-0.3, -0.25) is 0 Å². The first-order valence-electron chi connectivity index (χ1n) is 15.3. The van der Waals surface area contributed by atoms with Gasteiger partial charge in [-0.25, -0.2) is 9.59 Å². The van der Waals surface area contributed by atoms with E-state index >= 15 is 0 Å². The lowest BCUT2D eigenvalue weighted by molar-refractivity contribution is -0.139. The standard InChI is InChI=1S/C38H37N3O5/c1-5-46-37(43)32-26-39(30-20-22-31(44-3)23-21-30)35(27(2)36(42)45-4)38(32)40(24-28-14-8-6-9-15-28)33-18-12-13-19-34(33)41(38)25-29-16-10-7-11-17-29/h6-23,26H,5,24-25H2,1-4H3. The van der Waals surface area contributed by atoms with Gasteiger partial charge in [0.25, 0.3) is 0 Å². The van der Waals surface area contributed by atoms with E-state index in [2.05, 4.69) is 46.2 Å². The number of hydrogen-bond donors (Lipinski definition) is 0. The summed E-state index contributed by atoms with van der Waals surface area (Å²) in [5.74, 6) is -0.286. The summed E-state index contributed by atoms with van der Waals surface area (Å²) in [6, 6.07) is 35.9. The molecular weight excluding hydrogens is 578 g/mol. The molecule has 8 nitrogen and oxygen atoms in total. The van der Waals surface area contributed by atoms with Gasteiger partial charge in [0, 0.05) is 25.0 Å². The lowest BCUT2D eigenvalue weighted by Crippen LogP contribution is -2.61. The first-order chi connectivity index (χ1) is 22.4. The normalized spacial score (nSPS) is 15.8. The first-order valence-corrected chi connectivity index (χ1v) is 15.3. The van der Waals surface area contributed by atoms with Crippen LogP contribution in [0.25, 0.3) is 0 Å². The fourth-order valence-corrected chi connectivity index (χ4v) is 6.51. The van der Waals surface area contributed by atoms with E-state index in [0.717, 1.165) is 28.2 Å². The largest absolute Gasteiger partial charge is 0.497 e. The molecule has 0 bridgehead atoms. The van der Waals surface area contributed by atoms with Crippen LogP contribution in [-0.2, 0) is 32.2 Å². The Morgan fingerprint density at radius 1 is 0.717 bits per heavy atom. The van der Waals surface area contributed by atoms with Crippen molar-refractivity contribution in [1.82, 2.24) is 0 Å². The minimum Gasteiger partial charge on any atom is -0.497 e. The third-order valence-electron chi connectivity index (χ3n) is 8.51. The maximum Gasteiger partial charge on any atom is 0.340 e. The molecule has 4 aromatic carbocycles. The molecule has 0 saturated heterocycles. The number of rotatable bonds is 9. The Bertz CT molecular complexity index is 1720. The molecule has 0 radical (unpaired) electrons. The molecule has 0 aliphatic carbocycles. The fourth-order valence-electron chi connectivity index (χ4n) is 6.51. The number of fused-ring (bicyclic) bond motifs is 1. The van der Waals surface area contributed by atoms with Crippen LogP contribution in [0.15, 0.2) is 132 Å². The number of anilines is 3. The zero-order chi connectivity index (χ0) is 32.3. The van der Waals surface area contributed by atoms with Crippen LogP contribution < -0.4 is 19.4 Å². The predicted octanol–water partition coefficient (Wildman–Crippen LogP) is 6.83. The Balaban J connectivity index is 1.70. The van der Waals surface area contributed by atoms with Crippen LogP contribution in [0.2, 0.25) is 0 Å².